The van der Waals surface area contributed by atoms with Gasteiger partial charge in [-0.15, -0.1) is 11.3 Å². The molecule has 0 spiro atoms. The van der Waals surface area contributed by atoms with Crippen LogP contribution < -0.4 is 0 Å². The molecule has 3 rings (SSSR count). The number of pyridine rings is 1. The molecule has 0 amide bonds. The van der Waals surface area contributed by atoms with E-state index in [9.17, 15) is 0 Å². The van der Waals surface area contributed by atoms with Crippen LogP contribution in [0.2, 0.25) is 0 Å². The molecule has 0 aliphatic carbocycles. The minimum Gasteiger partial charge on any atom is -0.263 e. The first-order valence-electron chi connectivity index (χ1n) is 4.57. The second-order valence-electron chi connectivity index (χ2n) is 3.47. The summed E-state index contributed by atoms with van der Waals surface area (Å²) in [4.78, 5) is 4.14. The van der Waals surface area contributed by atoms with E-state index in [4.69, 9.17) is 0 Å². The molecule has 68 valence electrons. The maximum absolute atomic E-state index is 4.14. The van der Waals surface area contributed by atoms with Crippen molar-refractivity contribution < 1.29 is 0 Å². The van der Waals surface area contributed by atoms with Gasteiger partial charge in [-0.05, 0) is 24.6 Å². The first-order chi connectivity index (χ1) is 6.84. The Morgan fingerprint density at radius 1 is 1.07 bits per heavy atom. The van der Waals surface area contributed by atoms with Crippen molar-refractivity contribution in [2.45, 2.75) is 6.92 Å². The van der Waals surface area contributed by atoms with Crippen molar-refractivity contribution in [3.8, 4) is 0 Å². The first-order valence-corrected chi connectivity index (χ1v) is 5.39. The predicted molar refractivity (Wildman–Crippen MR) is 61.9 cm³/mol. The van der Waals surface area contributed by atoms with Gasteiger partial charge in [-0.2, -0.15) is 0 Å². The Balaban J connectivity index is 2.57. The van der Waals surface area contributed by atoms with Gasteiger partial charge in [0, 0.05) is 27.9 Å². The van der Waals surface area contributed by atoms with E-state index in [0.29, 0.717) is 0 Å². The van der Waals surface area contributed by atoms with E-state index >= 15 is 0 Å². The number of rotatable bonds is 0. The van der Waals surface area contributed by atoms with E-state index in [1.165, 1.54) is 25.7 Å². The molecule has 0 bridgehead atoms. The van der Waals surface area contributed by atoms with Crippen LogP contribution in [0.4, 0.5) is 0 Å². The summed E-state index contributed by atoms with van der Waals surface area (Å²) in [6.45, 7) is 2.13. The molecule has 0 saturated heterocycles. The number of thiophene rings is 1. The van der Waals surface area contributed by atoms with Crippen LogP contribution in [0.15, 0.2) is 36.7 Å². The summed E-state index contributed by atoms with van der Waals surface area (Å²) in [6, 6.07) is 8.68. The van der Waals surface area contributed by atoms with Gasteiger partial charge in [0.05, 0.1) is 4.70 Å². The van der Waals surface area contributed by atoms with Crippen molar-refractivity contribution in [3.05, 3.63) is 42.2 Å². The molecule has 0 unspecified atom stereocenters. The van der Waals surface area contributed by atoms with Crippen LogP contribution >= 0.6 is 11.3 Å². The largest absolute Gasteiger partial charge is 0.263 e. The van der Waals surface area contributed by atoms with Crippen LogP contribution in [0.25, 0.3) is 20.2 Å². The second kappa shape index (κ2) is 2.79. The summed E-state index contributed by atoms with van der Waals surface area (Å²) in [7, 11) is 0. The van der Waals surface area contributed by atoms with Gasteiger partial charge in [-0.3, -0.25) is 4.98 Å². The topological polar surface area (TPSA) is 12.9 Å². The molecule has 0 aliphatic rings. The van der Waals surface area contributed by atoms with Crippen molar-refractivity contribution in [1.82, 2.24) is 4.98 Å². The minimum absolute atomic E-state index is 1.27. The van der Waals surface area contributed by atoms with Crippen LogP contribution in [0.1, 0.15) is 5.56 Å². The average Bonchev–Trinajstić information content (AvgIpc) is 2.54. The summed E-state index contributed by atoms with van der Waals surface area (Å²) in [6.07, 6.45) is 3.80. The second-order valence-corrected chi connectivity index (χ2v) is 4.56. The fourth-order valence-corrected chi connectivity index (χ4v) is 2.91. The van der Waals surface area contributed by atoms with Gasteiger partial charge in [-0.25, -0.2) is 0 Å². The summed E-state index contributed by atoms with van der Waals surface area (Å²) < 4.78 is 2.63. The SMILES string of the molecule is Cc1ccc2c(c1)sc1cnccc12. The molecular weight excluding hydrogens is 190 g/mol. The molecule has 0 fully saturated rings. The Morgan fingerprint density at radius 3 is 2.86 bits per heavy atom. The van der Waals surface area contributed by atoms with Crippen molar-refractivity contribution >= 4 is 31.5 Å². The molecular formula is C12H9NS. The molecule has 1 aromatic carbocycles. The number of aryl methyl sites for hydroxylation is 1. The highest BCUT2D eigenvalue weighted by Crippen LogP contribution is 2.33. The maximum atomic E-state index is 4.14. The predicted octanol–water partition coefficient (Wildman–Crippen LogP) is 3.76. The third-order valence-electron chi connectivity index (χ3n) is 2.43. The highest BCUT2D eigenvalue weighted by molar-refractivity contribution is 7.25. The molecule has 3 aromatic rings. The lowest BCUT2D eigenvalue weighted by molar-refractivity contribution is 1.37. The van der Waals surface area contributed by atoms with E-state index in [2.05, 4.69) is 36.2 Å². The molecule has 2 heteroatoms. The van der Waals surface area contributed by atoms with Crippen molar-refractivity contribution in [2.24, 2.45) is 0 Å². The lowest BCUT2D eigenvalue weighted by Gasteiger charge is -1.92. The van der Waals surface area contributed by atoms with Gasteiger partial charge in [0.15, 0.2) is 0 Å². The number of benzene rings is 1. The van der Waals surface area contributed by atoms with Crippen molar-refractivity contribution in [3.63, 3.8) is 0 Å². The van der Waals surface area contributed by atoms with Gasteiger partial charge in [0.2, 0.25) is 0 Å². The number of hydrogen-bond donors (Lipinski definition) is 0. The zero-order valence-corrected chi connectivity index (χ0v) is 8.64. The van der Waals surface area contributed by atoms with Gasteiger partial charge < -0.3 is 0 Å². The van der Waals surface area contributed by atoms with Crippen LogP contribution in [-0.4, -0.2) is 4.98 Å². The molecule has 0 aliphatic heterocycles. The Hall–Kier alpha value is -1.41. The average molecular weight is 199 g/mol. The normalized spacial score (nSPS) is 11.2. The lowest BCUT2D eigenvalue weighted by Crippen LogP contribution is -1.70. The van der Waals surface area contributed by atoms with Gasteiger partial charge in [0.25, 0.3) is 0 Å². The van der Waals surface area contributed by atoms with E-state index in [1.54, 1.807) is 0 Å². The highest BCUT2D eigenvalue weighted by Gasteiger charge is 2.03. The Kier molecular flexibility index (Phi) is 1.58. The van der Waals surface area contributed by atoms with Crippen LogP contribution in [0.5, 0.6) is 0 Å². The molecule has 0 atom stereocenters. The van der Waals surface area contributed by atoms with Crippen molar-refractivity contribution in [1.29, 1.82) is 0 Å². The fraction of sp³-hybridized carbons (Fsp3) is 0.0833. The third-order valence-corrected chi connectivity index (χ3v) is 3.53. The van der Waals surface area contributed by atoms with Gasteiger partial charge in [-0.1, -0.05) is 12.1 Å². The molecule has 2 aromatic heterocycles. The third kappa shape index (κ3) is 1.04. The molecule has 0 N–H and O–H groups in total. The van der Waals surface area contributed by atoms with E-state index in [0.717, 1.165) is 0 Å². The number of hydrogen-bond acceptors (Lipinski definition) is 2. The Bertz CT molecular complexity index is 610. The van der Waals surface area contributed by atoms with Crippen LogP contribution in [0, 0.1) is 6.92 Å². The quantitative estimate of drug-likeness (QED) is 0.537. The summed E-state index contributed by atoms with van der Waals surface area (Å²) in [5, 5.41) is 2.66. The Labute approximate surface area is 86.0 Å². The van der Waals surface area contributed by atoms with E-state index < -0.39 is 0 Å². The summed E-state index contributed by atoms with van der Waals surface area (Å²) in [5.74, 6) is 0. The molecule has 0 radical (unpaired) electrons. The summed E-state index contributed by atoms with van der Waals surface area (Å²) >= 11 is 1.81. The minimum atomic E-state index is 1.27. The number of fused-ring (bicyclic) bond motifs is 3. The number of aromatic nitrogens is 1. The van der Waals surface area contributed by atoms with Gasteiger partial charge >= 0.3 is 0 Å². The zero-order chi connectivity index (χ0) is 9.54. The zero-order valence-electron chi connectivity index (χ0n) is 7.82. The van der Waals surface area contributed by atoms with E-state index in [1.807, 2.05) is 23.7 Å². The van der Waals surface area contributed by atoms with E-state index in [-0.39, 0.29) is 0 Å². The van der Waals surface area contributed by atoms with Crippen LogP contribution in [0.3, 0.4) is 0 Å². The molecule has 0 saturated carbocycles. The van der Waals surface area contributed by atoms with Crippen LogP contribution in [-0.2, 0) is 0 Å². The number of nitrogens with zero attached hydrogens (tertiary/aromatic N) is 1. The fourth-order valence-electron chi connectivity index (χ4n) is 1.74. The van der Waals surface area contributed by atoms with Crippen molar-refractivity contribution in [2.75, 3.05) is 0 Å². The maximum Gasteiger partial charge on any atom is 0.0538 e. The molecule has 2 heterocycles. The Morgan fingerprint density at radius 2 is 1.93 bits per heavy atom. The smallest absolute Gasteiger partial charge is 0.0538 e. The highest BCUT2D eigenvalue weighted by atomic mass is 32.1. The lowest BCUT2D eigenvalue weighted by atomic mass is 10.1. The standard InChI is InChI=1S/C12H9NS/c1-8-2-3-9-10-4-5-13-7-12(10)14-11(9)6-8/h2-7H,1H3. The molecule has 14 heavy (non-hydrogen) atoms. The van der Waals surface area contributed by atoms with Gasteiger partial charge in [0.1, 0.15) is 0 Å². The summed E-state index contributed by atoms with van der Waals surface area (Å²) in [5.41, 5.74) is 1.32. The molecule has 1 nitrogen and oxygen atoms in total. The monoisotopic (exact) mass is 199 g/mol. The first kappa shape index (κ1) is 7.94.